The van der Waals surface area contributed by atoms with Crippen LogP contribution in [0, 0.1) is 5.41 Å². The Morgan fingerprint density at radius 3 is 2.68 bits per heavy atom. The first-order chi connectivity index (χ1) is 13.4. The average Bonchev–Trinajstić information content (AvgIpc) is 3.18. The van der Waals surface area contributed by atoms with Gasteiger partial charge in [0.2, 0.25) is 0 Å². The van der Waals surface area contributed by atoms with E-state index in [0.717, 1.165) is 6.42 Å². The summed E-state index contributed by atoms with van der Waals surface area (Å²) in [6.07, 6.45) is 3.08. The van der Waals surface area contributed by atoms with Gasteiger partial charge in [0.15, 0.2) is 0 Å². The quantitative estimate of drug-likeness (QED) is 0.479. The summed E-state index contributed by atoms with van der Waals surface area (Å²) in [4.78, 5) is 7.15. The molecule has 0 saturated heterocycles. The van der Waals surface area contributed by atoms with Crippen LogP contribution in [0.15, 0.2) is 54.7 Å². The summed E-state index contributed by atoms with van der Waals surface area (Å²) in [5.41, 5.74) is 5.35. The molecule has 1 aliphatic rings. The molecule has 1 aliphatic heterocycles. The van der Waals surface area contributed by atoms with Crippen molar-refractivity contribution in [1.82, 2.24) is 4.98 Å². The van der Waals surface area contributed by atoms with E-state index >= 15 is 0 Å². The van der Waals surface area contributed by atoms with Crippen molar-refractivity contribution in [3.05, 3.63) is 60.3 Å². The van der Waals surface area contributed by atoms with Gasteiger partial charge in [-0.15, -0.1) is 0 Å². The van der Waals surface area contributed by atoms with E-state index in [1.807, 2.05) is 6.20 Å². The monoisotopic (exact) mass is 433 g/mol. The van der Waals surface area contributed by atoms with E-state index in [0.29, 0.717) is 19.9 Å². The van der Waals surface area contributed by atoms with Gasteiger partial charge in [-0.2, -0.15) is 0 Å². The van der Waals surface area contributed by atoms with Crippen molar-refractivity contribution < 1.29 is 0 Å². The fourth-order valence-corrected chi connectivity index (χ4v) is 6.90. The number of aromatic nitrogens is 1. The molecule has 2 aromatic heterocycles. The molecule has 0 fully saturated rings. The van der Waals surface area contributed by atoms with E-state index in [1.165, 1.54) is 41.8 Å². The van der Waals surface area contributed by atoms with Gasteiger partial charge in [0.1, 0.15) is 0 Å². The molecule has 28 heavy (non-hydrogen) atoms. The normalized spacial score (nSPS) is 14.0. The van der Waals surface area contributed by atoms with Crippen LogP contribution in [0.4, 0.5) is 11.4 Å². The Morgan fingerprint density at radius 2 is 1.89 bits per heavy atom. The van der Waals surface area contributed by atoms with Crippen molar-refractivity contribution in [1.29, 1.82) is 0 Å². The number of nitrogens with zero attached hydrogens (tertiary/aromatic N) is 2. The van der Waals surface area contributed by atoms with E-state index in [2.05, 4.69) is 86.4 Å². The van der Waals surface area contributed by atoms with Crippen LogP contribution in [0.25, 0.3) is 19.3 Å². The molecule has 0 atom stereocenters. The van der Waals surface area contributed by atoms with Crippen LogP contribution >= 0.6 is 0 Å². The third kappa shape index (κ3) is 2.94. The van der Waals surface area contributed by atoms with Gasteiger partial charge in [-0.05, 0) is 0 Å². The van der Waals surface area contributed by atoms with Crippen LogP contribution in [0.5, 0.6) is 0 Å². The van der Waals surface area contributed by atoms with Gasteiger partial charge in [-0.25, -0.2) is 0 Å². The molecular weight excluding hydrogens is 408 g/mol. The summed E-state index contributed by atoms with van der Waals surface area (Å²) < 4.78 is 2.92. The minimum atomic E-state index is 0.0950. The molecule has 0 bridgehead atoms. The number of fused-ring (bicyclic) bond motifs is 4. The second kappa shape index (κ2) is 6.40. The molecule has 0 spiro atoms. The van der Waals surface area contributed by atoms with Crippen LogP contribution in [-0.2, 0) is 6.42 Å². The number of rotatable bonds is 2. The molecule has 1 N–H and O–H groups in total. The first-order valence-electron chi connectivity index (χ1n) is 9.79. The second-order valence-corrected chi connectivity index (χ2v) is 11.1. The molecule has 2 aromatic carbocycles. The third-order valence-corrected chi connectivity index (χ3v) is 7.94. The predicted molar refractivity (Wildman–Crippen MR) is 123 cm³/mol. The van der Waals surface area contributed by atoms with Crippen LogP contribution in [0.2, 0.25) is 0 Å². The number of anilines is 2. The first kappa shape index (κ1) is 17.8. The van der Waals surface area contributed by atoms with Crippen LogP contribution in [0.1, 0.15) is 26.3 Å². The number of benzene rings is 2. The Labute approximate surface area is 172 Å². The van der Waals surface area contributed by atoms with Gasteiger partial charge in [0, 0.05) is 0 Å². The molecule has 5 heteroatoms. The second-order valence-electron chi connectivity index (χ2n) is 8.92. The van der Waals surface area contributed by atoms with Crippen molar-refractivity contribution in [2.75, 3.05) is 17.1 Å². The Hall–Kier alpha value is -2.23. The number of nitrogens with one attached hydrogen (secondary N) is 1. The first-order valence-corrected chi connectivity index (χ1v) is 11.5. The zero-order valence-electron chi connectivity index (χ0n) is 16.8. The number of pyridine rings is 1. The van der Waals surface area contributed by atoms with Crippen molar-refractivity contribution in [3.63, 3.8) is 0 Å². The molecule has 0 aliphatic carbocycles. The Bertz CT molecular complexity index is 1190. The fraction of sp³-hybridized carbons (Fsp3) is 0.261. The van der Waals surface area contributed by atoms with E-state index in [4.69, 9.17) is 4.98 Å². The Morgan fingerprint density at radius 1 is 1.07 bits per heavy atom. The minimum absolute atomic E-state index is 0.0950. The van der Waals surface area contributed by atoms with E-state index in [1.54, 1.807) is 0 Å². The molecule has 5 rings (SSSR count). The standard InChI is InChI=1S/C23H24BN3Se/c1-23(2,3)14-15-9-10-16-17-11-12-25-22(21(17)28-20(16)13-15)24-26-18-7-5-6-8-19(18)27(24)4/h5-13,26H,14H2,1-4H3. The zero-order valence-corrected chi connectivity index (χ0v) is 18.5. The Balaban J connectivity index is 1.62. The van der Waals surface area contributed by atoms with Crippen molar-refractivity contribution >= 4 is 57.7 Å². The molecule has 0 amide bonds. The van der Waals surface area contributed by atoms with E-state index in [9.17, 15) is 0 Å². The van der Waals surface area contributed by atoms with Crippen LogP contribution in [-0.4, -0.2) is 33.5 Å². The summed E-state index contributed by atoms with van der Waals surface area (Å²) in [5, 5.41) is 6.44. The zero-order chi connectivity index (χ0) is 19.5. The molecule has 0 saturated carbocycles. The summed E-state index contributed by atoms with van der Waals surface area (Å²) in [7, 11) is 2.15. The molecule has 3 heterocycles. The summed E-state index contributed by atoms with van der Waals surface area (Å²) >= 11 is 0.291. The van der Waals surface area contributed by atoms with Crippen LogP contribution in [0.3, 0.4) is 0 Å². The van der Waals surface area contributed by atoms with Gasteiger partial charge in [0.25, 0.3) is 0 Å². The van der Waals surface area contributed by atoms with Gasteiger partial charge < -0.3 is 0 Å². The van der Waals surface area contributed by atoms with Crippen molar-refractivity contribution in [2.24, 2.45) is 5.41 Å². The predicted octanol–water partition coefficient (Wildman–Crippen LogP) is 4.29. The molecule has 3 nitrogen and oxygen atoms in total. The molecule has 0 radical (unpaired) electrons. The fourth-order valence-electron chi connectivity index (χ4n) is 4.22. The SMILES string of the molecule is CN1B(c2nccc3c2[se]c2cc(CC(C)(C)C)ccc23)Nc2ccccc21. The molecule has 0 unspecified atom stereocenters. The summed E-state index contributed by atoms with van der Waals surface area (Å²) in [5.74, 6) is 0. The van der Waals surface area contributed by atoms with E-state index < -0.39 is 0 Å². The summed E-state index contributed by atoms with van der Waals surface area (Å²) in [6, 6.07) is 17.8. The molecule has 4 aromatic rings. The number of para-hydroxylation sites is 2. The third-order valence-electron chi connectivity index (χ3n) is 5.44. The maximum atomic E-state index is 4.84. The number of hydrogen-bond donors (Lipinski definition) is 1. The van der Waals surface area contributed by atoms with Gasteiger partial charge in [-0.1, -0.05) is 0 Å². The molecular formula is C23H24BN3Se. The van der Waals surface area contributed by atoms with Gasteiger partial charge >= 0.3 is 173 Å². The van der Waals surface area contributed by atoms with Crippen LogP contribution < -0.4 is 15.6 Å². The number of hydrogen-bond acceptors (Lipinski definition) is 3. The van der Waals surface area contributed by atoms with Crippen molar-refractivity contribution in [3.8, 4) is 0 Å². The van der Waals surface area contributed by atoms with Crippen molar-refractivity contribution in [2.45, 2.75) is 27.2 Å². The Kier molecular flexibility index (Phi) is 4.08. The van der Waals surface area contributed by atoms with E-state index in [-0.39, 0.29) is 6.98 Å². The topological polar surface area (TPSA) is 28.2 Å². The van der Waals surface area contributed by atoms with Gasteiger partial charge in [0.05, 0.1) is 0 Å². The average molecular weight is 432 g/mol. The van der Waals surface area contributed by atoms with Gasteiger partial charge in [-0.3, -0.25) is 0 Å². The summed E-state index contributed by atoms with van der Waals surface area (Å²) in [6.45, 7) is 7.02. The maximum absolute atomic E-state index is 4.84. The molecule has 140 valence electrons.